The Morgan fingerprint density at radius 2 is 1.63 bits per heavy atom. The fraction of sp³-hybridized carbons (Fsp3) is 0.333. The Morgan fingerprint density at radius 3 is 2.26 bits per heavy atom. The number of nitrogens with one attached hydrogen (secondary N) is 2. The number of amides is 2. The maximum Gasteiger partial charge on any atom is 0.279 e. The zero-order valence-electron chi connectivity index (χ0n) is 16.4. The molecule has 6 nitrogen and oxygen atoms in total. The predicted octanol–water partition coefficient (Wildman–Crippen LogP) is 2.91. The lowest BCUT2D eigenvalue weighted by molar-refractivity contribution is -0.133. The average Bonchev–Trinajstić information content (AvgIpc) is 2.62. The van der Waals surface area contributed by atoms with Crippen molar-refractivity contribution in [2.45, 2.75) is 40.7 Å². The first-order chi connectivity index (χ1) is 12.8. The normalized spacial score (nSPS) is 11.4. The van der Waals surface area contributed by atoms with Crippen LogP contribution in [0.15, 0.2) is 36.4 Å². The number of hydrogen-bond acceptors (Lipinski definition) is 4. The van der Waals surface area contributed by atoms with Crippen LogP contribution in [0.3, 0.4) is 0 Å². The SMILES string of the molecule is Cc1ccc(OCC(=O)NNC(=O)[C@H](C)Oc2c(C)cccc2C)c(C)c1. The van der Waals surface area contributed by atoms with Crippen molar-refractivity contribution in [1.29, 1.82) is 0 Å². The predicted molar refractivity (Wildman–Crippen MR) is 104 cm³/mol. The first-order valence-electron chi connectivity index (χ1n) is 8.79. The minimum atomic E-state index is -0.759. The van der Waals surface area contributed by atoms with E-state index < -0.39 is 17.9 Å². The van der Waals surface area contributed by atoms with Crippen LogP contribution in [0.1, 0.15) is 29.2 Å². The molecule has 0 saturated carbocycles. The molecule has 2 aromatic carbocycles. The fourth-order valence-electron chi connectivity index (χ4n) is 2.59. The third-order valence-electron chi connectivity index (χ3n) is 4.09. The van der Waals surface area contributed by atoms with Gasteiger partial charge in [-0.3, -0.25) is 20.4 Å². The van der Waals surface area contributed by atoms with Crippen LogP contribution in [-0.4, -0.2) is 24.5 Å². The van der Waals surface area contributed by atoms with Crippen LogP contribution in [0.5, 0.6) is 11.5 Å². The van der Waals surface area contributed by atoms with E-state index >= 15 is 0 Å². The fourth-order valence-corrected chi connectivity index (χ4v) is 2.59. The van der Waals surface area contributed by atoms with Crippen molar-refractivity contribution in [3.8, 4) is 11.5 Å². The number of carbonyl (C=O) groups excluding carboxylic acids is 2. The number of rotatable bonds is 6. The van der Waals surface area contributed by atoms with Crippen LogP contribution in [0.4, 0.5) is 0 Å². The second kappa shape index (κ2) is 9.07. The molecule has 0 heterocycles. The summed E-state index contributed by atoms with van der Waals surface area (Å²) in [6, 6.07) is 11.5. The van der Waals surface area contributed by atoms with Gasteiger partial charge >= 0.3 is 0 Å². The minimum absolute atomic E-state index is 0.198. The number of hydrogen-bond donors (Lipinski definition) is 2. The van der Waals surface area contributed by atoms with Gasteiger partial charge in [-0.1, -0.05) is 35.9 Å². The third-order valence-corrected chi connectivity index (χ3v) is 4.09. The number of hydrazine groups is 1. The first-order valence-corrected chi connectivity index (χ1v) is 8.79. The Bertz CT molecular complexity index is 813. The molecule has 0 bridgehead atoms. The monoisotopic (exact) mass is 370 g/mol. The summed E-state index contributed by atoms with van der Waals surface area (Å²) in [4.78, 5) is 24.0. The molecule has 2 N–H and O–H groups in total. The highest BCUT2D eigenvalue weighted by atomic mass is 16.5. The molecule has 1 atom stereocenters. The second-order valence-electron chi connectivity index (χ2n) is 6.58. The van der Waals surface area contributed by atoms with E-state index in [1.807, 2.05) is 64.1 Å². The average molecular weight is 370 g/mol. The largest absolute Gasteiger partial charge is 0.483 e. The molecular formula is C21H26N2O4. The molecule has 0 unspecified atom stereocenters. The summed E-state index contributed by atoms with van der Waals surface area (Å²) in [6.07, 6.45) is -0.759. The molecule has 2 aromatic rings. The van der Waals surface area contributed by atoms with Gasteiger partial charge < -0.3 is 9.47 Å². The maximum atomic E-state index is 12.1. The van der Waals surface area contributed by atoms with Gasteiger partial charge in [0.15, 0.2) is 12.7 Å². The zero-order chi connectivity index (χ0) is 20.0. The van der Waals surface area contributed by atoms with Gasteiger partial charge in [-0.05, 0) is 57.4 Å². The minimum Gasteiger partial charge on any atom is -0.483 e. The Balaban J connectivity index is 1.81. The molecule has 2 amide bonds. The standard InChI is InChI=1S/C21H26N2O4/c1-13-9-10-18(16(4)11-13)26-12-19(24)22-23-21(25)17(5)27-20-14(2)7-6-8-15(20)3/h6-11,17H,12H2,1-5H3,(H,22,24)(H,23,25)/t17-/m0/s1. The summed E-state index contributed by atoms with van der Waals surface area (Å²) in [5, 5.41) is 0. The third kappa shape index (κ3) is 5.74. The lowest BCUT2D eigenvalue weighted by atomic mass is 10.1. The topological polar surface area (TPSA) is 76.7 Å². The van der Waals surface area contributed by atoms with Crippen molar-refractivity contribution in [1.82, 2.24) is 10.9 Å². The molecule has 2 rings (SSSR count). The molecule has 0 fully saturated rings. The van der Waals surface area contributed by atoms with E-state index in [-0.39, 0.29) is 6.61 Å². The first kappa shape index (κ1) is 20.3. The number of carbonyl (C=O) groups is 2. The maximum absolute atomic E-state index is 12.1. The van der Waals surface area contributed by atoms with E-state index in [1.165, 1.54) is 0 Å². The zero-order valence-corrected chi connectivity index (χ0v) is 16.4. The molecule has 6 heteroatoms. The van der Waals surface area contributed by atoms with Crippen molar-refractivity contribution in [2.24, 2.45) is 0 Å². The van der Waals surface area contributed by atoms with E-state index in [1.54, 1.807) is 6.92 Å². The van der Waals surface area contributed by atoms with Gasteiger partial charge in [0.25, 0.3) is 11.8 Å². The van der Waals surface area contributed by atoms with E-state index in [0.717, 1.165) is 22.3 Å². The van der Waals surface area contributed by atoms with Crippen LogP contribution in [0.25, 0.3) is 0 Å². The molecule has 0 spiro atoms. The smallest absolute Gasteiger partial charge is 0.279 e. The molecule has 0 saturated heterocycles. The molecule has 0 aliphatic heterocycles. The van der Waals surface area contributed by atoms with Crippen molar-refractivity contribution < 1.29 is 19.1 Å². The number of para-hydroxylation sites is 1. The summed E-state index contributed by atoms with van der Waals surface area (Å²) in [6.45, 7) is 9.16. The second-order valence-corrected chi connectivity index (χ2v) is 6.58. The highest BCUT2D eigenvalue weighted by Gasteiger charge is 2.17. The van der Waals surface area contributed by atoms with Crippen molar-refractivity contribution in [3.05, 3.63) is 58.7 Å². The summed E-state index contributed by atoms with van der Waals surface area (Å²) in [7, 11) is 0. The van der Waals surface area contributed by atoms with Gasteiger partial charge in [-0.2, -0.15) is 0 Å². The summed E-state index contributed by atoms with van der Waals surface area (Å²) in [5.41, 5.74) is 8.65. The quantitative estimate of drug-likeness (QED) is 0.767. The molecular weight excluding hydrogens is 344 g/mol. The molecule has 144 valence electrons. The van der Waals surface area contributed by atoms with Gasteiger partial charge in [0.2, 0.25) is 0 Å². The van der Waals surface area contributed by atoms with Crippen LogP contribution < -0.4 is 20.3 Å². The van der Waals surface area contributed by atoms with Gasteiger partial charge in [-0.15, -0.1) is 0 Å². The Morgan fingerprint density at radius 1 is 0.963 bits per heavy atom. The van der Waals surface area contributed by atoms with Crippen LogP contribution in [-0.2, 0) is 9.59 Å². The highest BCUT2D eigenvalue weighted by molar-refractivity contribution is 5.85. The molecule has 27 heavy (non-hydrogen) atoms. The van der Waals surface area contributed by atoms with Crippen LogP contribution in [0, 0.1) is 27.7 Å². The highest BCUT2D eigenvalue weighted by Crippen LogP contribution is 2.23. The summed E-state index contributed by atoms with van der Waals surface area (Å²) < 4.78 is 11.2. The van der Waals surface area contributed by atoms with E-state index in [4.69, 9.17) is 9.47 Å². The Kier molecular flexibility index (Phi) is 6.82. The lowest BCUT2D eigenvalue weighted by Crippen LogP contribution is -2.48. The number of aryl methyl sites for hydroxylation is 4. The summed E-state index contributed by atoms with van der Waals surface area (Å²) in [5.74, 6) is 0.401. The Labute approximate surface area is 159 Å². The van der Waals surface area contributed by atoms with Gasteiger partial charge in [0, 0.05) is 0 Å². The Hall–Kier alpha value is -3.02. The van der Waals surface area contributed by atoms with Crippen molar-refractivity contribution >= 4 is 11.8 Å². The van der Waals surface area contributed by atoms with Crippen molar-refractivity contribution in [2.75, 3.05) is 6.61 Å². The number of benzene rings is 2. The lowest BCUT2D eigenvalue weighted by Gasteiger charge is -2.18. The molecule has 0 radical (unpaired) electrons. The molecule has 0 aliphatic carbocycles. The van der Waals surface area contributed by atoms with E-state index in [9.17, 15) is 9.59 Å². The van der Waals surface area contributed by atoms with Gasteiger partial charge in [0.05, 0.1) is 0 Å². The van der Waals surface area contributed by atoms with Gasteiger partial charge in [-0.25, -0.2) is 0 Å². The van der Waals surface area contributed by atoms with Gasteiger partial charge in [0.1, 0.15) is 11.5 Å². The molecule has 0 aliphatic rings. The number of ether oxygens (including phenoxy) is 2. The summed E-state index contributed by atoms with van der Waals surface area (Å²) >= 11 is 0. The van der Waals surface area contributed by atoms with Crippen LogP contribution in [0.2, 0.25) is 0 Å². The molecule has 0 aromatic heterocycles. The van der Waals surface area contributed by atoms with E-state index in [0.29, 0.717) is 11.5 Å². The van der Waals surface area contributed by atoms with Crippen molar-refractivity contribution in [3.63, 3.8) is 0 Å². The van der Waals surface area contributed by atoms with E-state index in [2.05, 4.69) is 10.9 Å². The van der Waals surface area contributed by atoms with Crippen LogP contribution >= 0.6 is 0 Å².